The average Bonchev–Trinajstić information content (AvgIpc) is 3.60. The number of aliphatic hydroxyl groups excluding tert-OH is 4. The Bertz CT molecular complexity index is 2060. The number of anilines is 1. The van der Waals surface area contributed by atoms with Gasteiger partial charge in [0.05, 0.1) is 24.6 Å². The molecule has 3 fully saturated rings. The molecule has 17 nitrogen and oxygen atoms in total. The summed E-state index contributed by atoms with van der Waals surface area (Å²) >= 11 is 0. The zero-order valence-electron chi connectivity index (χ0n) is 29.1. The Morgan fingerprint density at radius 3 is 2.49 bits per heavy atom. The number of ketones is 2. The molecule has 17 heteroatoms. The van der Waals surface area contributed by atoms with Gasteiger partial charge in [-0.2, -0.15) is 0 Å². The first-order valence-electron chi connectivity index (χ1n) is 17.8. The van der Waals surface area contributed by atoms with Gasteiger partial charge in [0, 0.05) is 40.3 Å². The van der Waals surface area contributed by atoms with E-state index in [4.69, 9.17) is 24.7 Å². The van der Waals surface area contributed by atoms with Crippen molar-refractivity contribution in [2.45, 2.75) is 67.6 Å². The first kappa shape index (κ1) is 36.7. The van der Waals surface area contributed by atoms with Gasteiger partial charge in [-0.05, 0) is 23.8 Å². The van der Waals surface area contributed by atoms with Gasteiger partial charge in [0.25, 0.3) is 0 Å². The van der Waals surface area contributed by atoms with Crippen molar-refractivity contribution in [1.29, 1.82) is 0 Å². The number of nitrogens with two attached hydrogens (primary N) is 1. The van der Waals surface area contributed by atoms with E-state index in [1.165, 1.54) is 24.5 Å². The van der Waals surface area contributed by atoms with Gasteiger partial charge < -0.3 is 54.4 Å². The number of benzene rings is 3. The van der Waals surface area contributed by atoms with E-state index in [-0.39, 0.29) is 64.9 Å². The lowest BCUT2D eigenvalue weighted by Gasteiger charge is -2.40. The third kappa shape index (κ3) is 6.43. The van der Waals surface area contributed by atoms with Gasteiger partial charge in [0.1, 0.15) is 62.4 Å². The molecule has 288 valence electrons. The molecule has 0 saturated carbocycles. The predicted molar refractivity (Wildman–Crippen MR) is 190 cm³/mol. The van der Waals surface area contributed by atoms with Crippen LogP contribution in [0.5, 0.6) is 11.5 Å². The molecule has 10 atom stereocenters. The lowest BCUT2D eigenvalue weighted by Crippen LogP contribution is -2.70. The molecule has 0 spiro atoms. The fraction of sp³-hybridized carbons (Fsp3) is 0.368. The standard InChI is InChI=1S/C38H39N5O12/c39-38-41-35-27(36(51)42-38)40-16-43(35)24-8-4-3-5-19(24)18-10-12-52-15-25-30(48)31(49)32(50)37(54-25)55-33-22(18)13-23-26(34(33)53-14-17(45)9-11-44)29(47)21-7-2-1-6-20(21)28(23)46/h1-8,10-13,17-18,25,27,30-32,35,37-38,40-41,45,48-50H,9,14-16,39H2,(H,42,51). The number of allylic oxidation sites excluding steroid dienone is 1. The van der Waals surface area contributed by atoms with Gasteiger partial charge in [-0.25, -0.2) is 0 Å². The van der Waals surface area contributed by atoms with Crippen LogP contribution in [0.4, 0.5) is 5.69 Å². The largest absolute Gasteiger partial charge is 0.499 e. The number of nitrogens with one attached hydrogen (secondary N) is 3. The van der Waals surface area contributed by atoms with E-state index in [2.05, 4.69) is 16.0 Å². The first-order chi connectivity index (χ1) is 26.6. The number of carbonyl (C=O) groups excluding carboxylic acids is 4. The lowest BCUT2D eigenvalue weighted by molar-refractivity contribution is -0.277. The third-order valence-electron chi connectivity index (χ3n) is 10.5. The van der Waals surface area contributed by atoms with E-state index in [0.29, 0.717) is 17.5 Å². The molecule has 4 heterocycles. The molecule has 1 aliphatic carbocycles. The molecule has 2 bridgehead atoms. The number of rotatable bonds is 7. The Labute approximate surface area is 313 Å². The van der Waals surface area contributed by atoms with Crippen molar-refractivity contribution >= 4 is 29.4 Å². The maximum atomic E-state index is 14.3. The number of carbonyl (C=O) groups is 4. The van der Waals surface area contributed by atoms with E-state index in [1.807, 2.05) is 23.1 Å². The Morgan fingerprint density at radius 1 is 0.964 bits per heavy atom. The maximum Gasteiger partial charge on any atom is 0.242 e. The summed E-state index contributed by atoms with van der Waals surface area (Å²) < 4.78 is 24.4. The average molecular weight is 758 g/mol. The van der Waals surface area contributed by atoms with Crippen molar-refractivity contribution in [3.8, 4) is 11.5 Å². The van der Waals surface area contributed by atoms with Crippen LogP contribution in [0.25, 0.3) is 0 Å². The number of aldehydes is 1. The summed E-state index contributed by atoms with van der Waals surface area (Å²) in [5.74, 6) is -2.75. The monoisotopic (exact) mass is 757 g/mol. The van der Waals surface area contributed by atoms with Crippen molar-refractivity contribution in [3.63, 3.8) is 0 Å². The predicted octanol–water partition coefficient (Wildman–Crippen LogP) is -1.32. The summed E-state index contributed by atoms with van der Waals surface area (Å²) in [5.41, 5.74) is 7.56. The first-order valence-corrected chi connectivity index (χ1v) is 17.8. The minimum absolute atomic E-state index is 0.0458. The lowest BCUT2D eigenvalue weighted by atomic mass is 9.79. The van der Waals surface area contributed by atoms with E-state index in [9.17, 15) is 39.6 Å². The highest BCUT2D eigenvalue weighted by Crippen LogP contribution is 2.49. The van der Waals surface area contributed by atoms with Gasteiger partial charge in [-0.1, -0.05) is 42.5 Å². The van der Waals surface area contributed by atoms with E-state index in [1.54, 1.807) is 24.3 Å². The van der Waals surface area contributed by atoms with Crippen molar-refractivity contribution in [3.05, 3.63) is 100 Å². The maximum absolute atomic E-state index is 14.3. The molecule has 10 unspecified atom stereocenters. The Kier molecular flexibility index (Phi) is 9.87. The van der Waals surface area contributed by atoms with Crippen LogP contribution in [0, 0.1) is 0 Å². The van der Waals surface area contributed by atoms with Gasteiger partial charge in [0.15, 0.2) is 23.1 Å². The molecule has 4 aliphatic heterocycles. The quantitative estimate of drug-likeness (QED) is 0.102. The molecule has 55 heavy (non-hydrogen) atoms. The molecular weight excluding hydrogens is 718 g/mol. The number of fused-ring (bicyclic) bond motifs is 6. The molecule has 3 saturated heterocycles. The van der Waals surface area contributed by atoms with Crippen LogP contribution in [0.15, 0.2) is 66.9 Å². The molecule has 1 amide bonds. The highest BCUT2D eigenvalue weighted by molar-refractivity contribution is 6.29. The molecular formula is C38H39N5O12. The zero-order chi connectivity index (χ0) is 38.5. The molecule has 3 aromatic carbocycles. The summed E-state index contributed by atoms with van der Waals surface area (Å²) in [6.45, 7) is -0.554. The summed E-state index contributed by atoms with van der Waals surface area (Å²) in [6.07, 6.45) is -7.50. The van der Waals surface area contributed by atoms with Gasteiger partial charge >= 0.3 is 0 Å². The van der Waals surface area contributed by atoms with Crippen LogP contribution in [-0.4, -0.2) is 119 Å². The summed E-state index contributed by atoms with van der Waals surface area (Å²) in [7, 11) is 0. The van der Waals surface area contributed by atoms with Crippen LogP contribution in [0.1, 0.15) is 55.3 Å². The minimum Gasteiger partial charge on any atom is -0.499 e. The van der Waals surface area contributed by atoms with Crippen LogP contribution >= 0.6 is 0 Å². The Morgan fingerprint density at radius 2 is 1.71 bits per heavy atom. The number of amides is 1. The number of nitrogens with zero attached hydrogens (tertiary/aromatic N) is 1. The Balaban J connectivity index is 1.36. The van der Waals surface area contributed by atoms with Crippen LogP contribution < -0.4 is 36.1 Å². The van der Waals surface area contributed by atoms with Crippen LogP contribution in [0.2, 0.25) is 0 Å². The molecule has 0 radical (unpaired) electrons. The topological polar surface area (TPSA) is 251 Å². The van der Waals surface area contributed by atoms with Crippen molar-refractivity contribution in [2.75, 3.05) is 24.8 Å². The number of hydrogen-bond donors (Lipinski definition) is 8. The van der Waals surface area contributed by atoms with Gasteiger partial charge in [0.2, 0.25) is 12.2 Å². The number of para-hydroxylation sites is 1. The number of hydrogen-bond acceptors (Lipinski definition) is 16. The van der Waals surface area contributed by atoms with E-state index < -0.39 is 79.4 Å². The zero-order valence-corrected chi connectivity index (χ0v) is 29.1. The molecule has 5 aliphatic rings. The molecule has 8 rings (SSSR count). The highest BCUT2D eigenvalue weighted by atomic mass is 16.7. The second-order valence-electron chi connectivity index (χ2n) is 13.9. The molecule has 3 aromatic rings. The third-order valence-corrected chi connectivity index (χ3v) is 10.5. The van der Waals surface area contributed by atoms with Gasteiger partial charge in [-0.15, -0.1) is 0 Å². The van der Waals surface area contributed by atoms with E-state index in [0.717, 1.165) is 0 Å². The number of ether oxygens (including phenoxy) is 4. The summed E-state index contributed by atoms with van der Waals surface area (Å²) in [4.78, 5) is 54.8. The second kappa shape index (κ2) is 14.8. The highest BCUT2D eigenvalue weighted by Gasteiger charge is 2.48. The smallest absolute Gasteiger partial charge is 0.242 e. The SMILES string of the molecule is NC1NC(=O)C2NCN(c3ccccc3C3C=COCC4OC(Oc5c3cc3c(c5OCC(O)CC=O)C(=O)c5ccccc5C3=O)C(O)C(O)C4O)C2N1. The second-order valence-corrected chi connectivity index (χ2v) is 13.9. The fourth-order valence-corrected chi connectivity index (χ4v) is 7.72. The normalized spacial score (nSPS) is 30.3. The molecule has 0 aromatic heterocycles. The minimum atomic E-state index is -1.82. The van der Waals surface area contributed by atoms with E-state index >= 15 is 0 Å². The van der Waals surface area contributed by atoms with Crippen LogP contribution in [0.3, 0.4) is 0 Å². The van der Waals surface area contributed by atoms with Crippen LogP contribution in [-0.2, 0) is 19.1 Å². The summed E-state index contributed by atoms with van der Waals surface area (Å²) in [5, 5.41) is 52.5. The van der Waals surface area contributed by atoms with Crippen molar-refractivity contribution in [1.82, 2.24) is 16.0 Å². The Hall–Kier alpha value is -5.24. The fourth-order valence-electron chi connectivity index (χ4n) is 7.72. The van der Waals surface area contributed by atoms with Crippen molar-refractivity contribution < 1.29 is 58.6 Å². The summed E-state index contributed by atoms with van der Waals surface area (Å²) in [6, 6.07) is 14.4. The molecule has 9 N–H and O–H groups in total. The van der Waals surface area contributed by atoms with Gasteiger partial charge in [-0.3, -0.25) is 30.8 Å². The van der Waals surface area contributed by atoms with Crippen molar-refractivity contribution in [2.24, 2.45) is 5.73 Å². The number of aliphatic hydroxyl groups is 4.